The summed E-state index contributed by atoms with van der Waals surface area (Å²) < 4.78 is 2.07. The van der Waals surface area contributed by atoms with Crippen LogP contribution in [0, 0.1) is 0 Å². The molecule has 0 amide bonds. The van der Waals surface area contributed by atoms with Crippen molar-refractivity contribution in [2.75, 3.05) is 11.9 Å². The first-order valence-electron chi connectivity index (χ1n) is 5.28. The molecule has 0 saturated carbocycles. The number of anilines is 1. The maximum Gasteiger partial charge on any atom is 0.144 e. The monoisotopic (exact) mass is 357 g/mol. The highest BCUT2D eigenvalue weighted by Crippen LogP contribution is 2.50. The molecule has 0 bridgehead atoms. The molecule has 2 nitrogen and oxygen atoms in total. The van der Waals surface area contributed by atoms with Crippen molar-refractivity contribution >= 4 is 43.8 Å². The second-order valence-electron chi connectivity index (χ2n) is 4.66. The molecule has 0 spiro atoms. The number of rotatable bonds is 1. The van der Waals surface area contributed by atoms with Gasteiger partial charge in [-0.1, -0.05) is 29.8 Å². The number of aldehydes is 1. The fourth-order valence-electron chi connectivity index (χ4n) is 2.45. The van der Waals surface area contributed by atoms with Gasteiger partial charge in [0.15, 0.2) is 0 Å². The maximum absolute atomic E-state index is 10.8. The second kappa shape index (κ2) is 4.25. The van der Waals surface area contributed by atoms with Gasteiger partial charge in [0.1, 0.15) is 6.29 Å². The first kappa shape index (κ1) is 12.8. The van der Waals surface area contributed by atoms with Crippen LogP contribution >= 0.6 is 31.9 Å². The minimum absolute atomic E-state index is 0.155. The fraction of sp³-hybridized carbons (Fsp3) is 0.308. The summed E-state index contributed by atoms with van der Waals surface area (Å²) in [5.74, 6) is 0. The van der Waals surface area contributed by atoms with E-state index in [0.717, 1.165) is 26.6 Å². The summed E-state index contributed by atoms with van der Waals surface area (Å²) in [6.45, 7) is 4.26. The van der Waals surface area contributed by atoms with Gasteiger partial charge >= 0.3 is 0 Å². The molecule has 0 atom stereocenters. The van der Waals surface area contributed by atoms with E-state index in [0.29, 0.717) is 0 Å². The Morgan fingerprint density at radius 3 is 2.53 bits per heavy atom. The Labute approximate surface area is 118 Å². The highest BCUT2D eigenvalue weighted by atomic mass is 79.9. The van der Waals surface area contributed by atoms with Crippen molar-refractivity contribution in [3.8, 4) is 0 Å². The Hall–Kier alpha value is -0.610. The molecule has 0 aromatic heterocycles. The van der Waals surface area contributed by atoms with Gasteiger partial charge in [-0.15, -0.1) is 0 Å². The number of likely N-dealkylation sites (N-methyl/N-ethyl adjacent to an activating group) is 1. The molecule has 0 saturated heterocycles. The van der Waals surface area contributed by atoms with Gasteiger partial charge in [0.05, 0.1) is 5.69 Å². The molecule has 1 aromatic carbocycles. The molecule has 90 valence electrons. The van der Waals surface area contributed by atoms with Gasteiger partial charge in [-0.3, -0.25) is 4.79 Å². The summed E-state index contributed by atoms with van der Waals surface area (Å²) in [6, 6.07) is 4.14. The van der Waals surface area contributed by atoms with Crippen molar-refractivity contribution in [3.63, 3.8) is 0 Å². The zero-order valence-corrected chi connectivity index (χ0v) is 13.1. The summed E-state index contributed by atoms with van der Waals surface area (Å²) in [6.07, 6.45) is 2.49. The van der Waals surface area contributed by atoms with Crippen molar-refractivity contribution in [3.05, 3.63) is 38.4 Å². The van der Waals surface area contributed by atoms with Crippen LogP contribution in [0.1, 0.15) is 19.4 Å². The molecule has 1 aromatic rings. The standard InChI is InChI=1S/C13H13Br2NO/c1-13(2)9-6-8(14)7-10(15)12(9)16(3)11(13)4-5-17/h4-7H,1-3H3. The van der Waals surface area contributed by atoms with Gasteiger partial charge in [-0.2, -0.15) is 0 Å². The smallest absolute Gasteiger partial charge is 0.144 e. The number of hydrogen-bond donors (Lipinski definition) is 0. The van der Waals surface area contributed by atoms with Crippen molar-refractivity contribution in [1.29, 1.82) is 0 Å². The molecule has 4 heteroatoms. The molecule has 17 heavy (non-hydrogen) atoms. The third kappa shape index (κ3) is 1.87. The van der Waals surface area contributed by atoms with E-state index in [1.807, 2.05) is 13.1 Å². The Bertz CT molecular complexity index is 520. The Morgan fingerprint density at radius 1 is 1.29 bits per heavy atom. The van der Waals surface area contributed by atoms with E-state index in [-0.39, 0.29) is 5.41 Å². The van der Waals surface area contributed by atoms with Crippen LogP contribution in [0.25, 0.3) is 0 Å². The predicted octanol–water partition coefficient (Wildman–Crippen LogP) is 4.02. The summed E-state index contributed by atoms with van der Waals surface area (Å²) >= 11 is 7.09. The Balaban J connectivity index is 2.74. The van der Waals surface area contributed by atoms with Gasteiger partial charge < -0.3 is 4.90 Å². The van der Waals surface area contributed by atoms with E-state index in [4.69, 9.17) is 0 Å². The van der Waals surface area contributed by atoms with E-state index < -0.39 is 0 Å². The lowest BCUT2D eigenvalue weighted by atomic mass is 9.84. The summed E-state index contributed by atoms with van der Waals surface area (Å²) in [5, 5.41) is 0. The molecule has 1 aliphatic heterocycles. The number of carbonyl (C=O) groups is 1. The number of allylic oxidation sites excluding steroid dienone is 2. The normalized spacial score (nSPS) is 19.6. The molecular weight excluding hydrogens is 346 g/mol. The van der Waals surface area contributed by atoms with Crippen molar-refractivity contribution in [2.24, 2.45) is 0 Å². The molecule has 1 heterocycles. The lowest BCUT2D eigenvalue weighted by Gasteiger charge is -2.23. The lowest BCUT2D eigenvalue weighted by Crippen LogP contribution is -2.23. The summed E-state index contributed by atoms with van der Waals surface area (Å²) in [4.78, 5) is 12.8. The van der Waals surface area contributed by atoms with E-state index in [1.165, 1.54) is 5.56 Å². The molecule has 0 fully saturated rings. The maximum atomic E-state index is 10.8. The van der Waals surface area contributed by atoms with Crippen LogP contribution in [-0.2, 0) is 10.2 Å². The van der Waals surface area contributed by atoms with Crippen LogP contribution in [-0.4, -0.2) is 13.3 Å². The van der Waals surface area contributed by atoms with Crippen LogP contribution in [0.3, 0.4) is 0 Å². The van der Waals surface area contributed by atoms with E-state index in [2.05, 4.69) is 56.7 Å². The van der Waals surface area contributed by atoms with Crippen LogP contribution in [0.4, 0.5) is 5.69 Å². The zero-order valence-electron chi connectivity index (χ0n) is 9.92. The molecule has 0 radical (unpaired) electrons. The number of fused-ring (bicyclic) bond motifs is 1. The molecule has 2 rings (SSSR count). The van der Waals surface area contributed by atoms with E-state index in [9.17, 15) is 4.79 Å². The SMILES string of the molecule is CN1C(=CC=O)C(C)(C)c2cc(Br)cc(Br)c21. The molecule has 1 aliphatic rings. The van der Waals surface area contributed by atoms with Gasteiger partial charge in [0.25, 0.3) is 0 Å². The highest BCUT2D eigenvalue weighted by Gasteiger charge is 2.39. The van der Waals surface area contributed by atoms with Crippen LogP contribution < -0.4 is 4.90 Å². The van der Waals surface area contributed by atoms with Gasteiger partial charge in [-0.25, -0.2) is 0 Å². The lowest BCUT2D eigenvalue weighted by molar-refractivity contribution is -0.104. The molecular formula is C13H13Br2NO. The van der Waals surface area contributed by atoms with Gasteiger partial charge in [0.2, 0.25) is 0 Å². The Kier molecular flexibility index (Phi) is 3.21. The number of nitrogens with zero attached hydrogens (tertiary/aromatic N) is 1. The van der Waals surface area contributed by atoms with E-state index in [1.54, 1.807) is 6.08 Å². The second-order valence-corrected chi connectivity index (χ2v) is 6.43. The largest absolute Gasteiger partial charge is 0.346 e. The average molecular weight is 359 g/mol. The topological polar surface area (TPSA) is 20.3 Å². The average Bonchev–Trinajstić information content (AvgIpc) is 2.40. The van der Waals surface area contributed by atoms with Gasteiger partial charge in [-0.05, 0) is 39.7 Å². The van der Waals surface area contributed by atoms with E-state index >= 15 is 0 Å². The first-order valence-corrected chi connectivity index (χ1v) is 6.87. The van der Waals surface area contributed by atoms with Gasteiger partial charge in [0, 0.05) is 27.1 Å². The first-order chi connectivity index (χ1) is 7.89. The third-order valence-electron chi connectivity index (χ3n) is 3.26. The van der Waals surface area contributed by atoms with Crippen molar-refractivity contribution in [1.82, 2.24) is 0 Å². The zero-order chi connectivity index (χ0) is 12.8. The summed E-state index contributed by atoms with van der Waals surface area (Å²) in [7, 11) is 1.99. The highest BCUT2D eigenvalue weighted by molar-refractivity contribution is 9.11. The van der Waals surface area contributed by atoms with Crippen LogP contribution in [0.15, 0.2) is 32.9 Å². The van der Waals surface area contributed by atoms with Crippen molar-refractivity contribution in [2.45, 2.75) is 19.3 Å². The summed E-state index contributed by atoms with van der Waals surface area (Å²) in [5.41, 5.74) is 3.21. The number of hydrogen-bond acceptors (Lipinski definition) is 2. The van der Waals surface area contributed by atoms with Crippen LogP contribution in [0.5, 0.6) is 0 Å². The number of halogens is 2. The number of benzene rings is 1. The quantitative estimate of drug-likeness (QED) is 0.558. The number of carbonyl (C=O) groups excluding carboxylic acids is 1. The molecule has 0 N–H and O–H groups in total. The molecule has 0 aliphatic carbocycles. The minimum atomic E-state index is -0.155. The molecule has 0 unspecified atom stereocenters. The van der Waals surface area contributed by atoms with Crippen molar-refractivity contribution < 1.29 is 4.79 Å². The van der Waals surface area contributed by atoms with Crippen LogP contribution in [0.2, 0.25) is 0 Å². The third-order valence-corrected chi connectivity index (χ3v) is 4.33. The fourth-order valence-corrected chi connectivity index (χ4v) is 3.94. The minimum Gasteiger partial charge on any atom is -0.346 e. The predicted molar refractivity (Wildman–Crippen MR) is 77.4 cm³/mol. The Morgan fingerprint density at radius 2 is 1.94 bits per heavy atom.